The number of hydrogen-bond donors (Lipinski definition) is 0. The summed E-state index contributed by atoms with van der Waals surface area (Å²) in [5, 5.41) is 0. The van der Waals surface area contributed by atoms with Crippen LogP contribution in [0.1, 0.15) is 31.9 Å². The maximum atomic E-state index is 5.02. The molecule has 3 nitrogen and oxygen atoms in total. The molecule has 1 aliphatic rings. The number of rotatable bonds is 5. The highest BCUT2D eigenvalue weighted by atomic mass is 16.5. The number of benzene rings is 1. The Morgan fingerprint density at radius 1 is 1.09 bits per heavy atom. The van der Waals surface area contributed by atoms with Crippen molar-refractivity contribution in [1.82, 2.24) is 9.80 Å². The van der Waals surface area contributed by atoms with Crippen LogP contribution in [0.3, 0.4) is 0 Å². The van der Waals surface area contributed by atoms with E-state index < -0.39 is 0 Å². The quantitative estimate of drug-likeness (QED) is 0.598. The van der Waals surface area contributed by atoms with Crippen molar-refractivity contribution in [2.24, 2.45) is 0 Å². The zero-order chi connectivity index (χ0) is 17.1. The number of piperazine rings is 1. The molecule has 0 bridgehead atoms. The lowest BCUT2D eigenvalue weighted by Gasteiger charge is -2.36. The van der Waals surface area contributed by atoms with Gasteiger partial charge in [0.05, 0.1) is 13.4 Å². The Hall–Kier alpha value is -1.74. The summed E-state index contributed by atoms with van der Waals surface area (Å²) in [7, 11) is 1.68. The predicted molar refractivity (Wildman–Crippen MR) is 99.3 cm³/mol. The molecular weight excluding hydrogens is 284 g/mol. The summed E-state index contributed by atoms with van der Waals surface area (Å²) in [5.41, 5.74) is 3.97. The molecule has 1 heterocycles. The van der Waals surface area contributed by atoms with Gasteiger partial charge in [-0.15, -0.1) is 0 Å². The van der Waals surface area contributed by atoms with Crippen molar-refractivity contribution < 1.29 is 4.74 Å². The minimum absolute atomic E-state index is 1.05. The van der Waals surface area contributed by atoms with Crippen molar-refractivity contribution in [3.8, 4) is 0 Å². The predicted octanol–water partition coefficient (Wildman–Crippen LogP) is 4.20. The fraction of sp³-hybridized carbons (Fsp3) is 0.500. The molecule has 0 unspecified atom stereocenters. The van der Waals surface area contributed by atoms with Gasteiger partial charge in [0.15, 0.2) is 0 Å². The van der Waals surface area contributed by atoms with Gasteiger partial charge in [0.1, 0.15) is 0 Å². The Labute approximate surface area is 142 Å². The molecule has 0 saturated carbocycles. The van der Waals surface area contributed by atoms with Gasteiger partial charge in [0.25, 0.3) is 0 Å². The van der Waals surface area contributed by atoms with E-state index in [1.54, 1.807) is 13.4 Å². The zero-order valence-corrected chi connectivity index (χ0v) is 15.4. The number of nitrogens with zero attached hydrogens (tertiary/aromatic N) is 2. The van der Waals surface area contributed by atoms with E-state index in [1.165, 1.54) is 16.8 Å². The molecule has 0 atom stereocenters. The molecule has 0 spiro atoms. The normalized spacial score (nSPS) is 16.2. The lowest BCUT2D eigenvalue weighted by atomic mass is 10.1. The number of aryl methyl sites for hydroxylation is 1. The largest absolute Gasteiger partial charge is 0.504 e. The van der Waals surface area contributed by atoms with Crippen LogP contribution >= 0.6 is 0 Å². The lowest BCUT2D eigenvalue weighted by Crippen LogP contribution is -2.45. The summed E-state index contributed by atoms with van der Waals surface area (Å²) in [5.74, 6) is 0. The second-order valence-corrected chi connectivity index (χ2v) is 5.50. The van der Waals surface area contributed by atoms with Gasteiger partial charge in [-0.25, -0.2) is 0 Å². The van der Waals surface area contributed by atoms with Crippen LogP contribution in [0.25, 0.3) is 0 Å². The number of hydrogen-bond acceptors (Lipinski definition) is 3. The Morgan fingerprint density at radius 3 is 2.22 bits per heavy atom. The van der Waals surface area contributed by atoms with Gasteiger partial charge in [-0.2, -0.15) is 0 Å². The molecule has 0 amide bonds. The molecule has 1 aromatic carbocycles. The molecule has 1 saturated heterocycles. The van der Waals surface area contributed by atoms with E-state index in [1.807, 2.05) is 19.9 Å². The SMILES string of the molecule is C/C=C(\C=C/OC)N1CCN(Cc2ccc(C)cc2)CC1.CC. The summed E-state index contributed by atoms with van der Waals surface area (Å²) >= 11 is 0. The molecular formula is C20H32N2O. The maximum absolute atomic E-state index is 5.02. The first-order valence-corrected chi connectivity index (χ1v) is 8.61. The molecule has 1 aromatic rings. The highest BCUT2D eigenvalue weighted by Gasteiger charge is 2.17. The van der Waals surface area contributed by atoms with Crippen molar-refractivity contribution in [2.75, 3.05) is 33.3 Å². The minimum atomic E-state index is 1.05. The average Bonchev–Trinajstić information content (AvgIpc) is 2.61. The van der Waals surface area contributed by atoms with Crippen LogP contribution in [0.2, 0.25) is 0 Å². The molecule has 0 radical (unpaired) electrons. The summed E-state index contributed by atoms with van der Waals surface area (Å²) in [6.45, 7) is 13.6. The summed E-state index contributed by atoms with van der Waals surface area (Å²) < 4.78 is 5.02. The number of methoxy groups -OCH3 is 1. The molecule has 0 aromatic heterocycles. The van der Waals surface area contributed by atoms with Crippen LogP contribution in [-0.2, 0) is 11.3 Å². The van der Waals surface area contributed by atoms with Gasteiger partial charge < -0.3 is 9.64 Å². The van der Waals surface area contributed by atoms with E-state index in [2.05, 4.69) is 54.0 Å². The second kappa shape index (κ2) is 10.9. The monoisotopic (exact) mass is 316 g/mol. The Bertz CT molecular complexity index is 483. The fourth-order valence-corrected chi connectivity index (χ4v) is 2.64. The molecule has 23 heavy (non-hydrogen) atoms. The first kappa shape index (κ1) is 19.3. The van der Waals surface area contributed by atoms with Crippen LogP contribution in [-0.4, -0.2) is 43.1 Å². The van der Waals surface area contributed by atoms with E-state index in [-0.39, 0.29) is 0 Å². The minimum Gasteiger partial charge on any atom is -0.504 e. The molecule has 3 heteroatoms. The van der Waals surface area contributed by atoms with Crippen LogP contribution < -0.4 is 0 Å². The smallest absolute Gasteiger partial charge is 0.0845 e. The molecule has 0 N–H and O–H groups in total. The van der Waals surface area contributed by atoms with Gasteiger partial charge in [-0.1, -0.05) is 49.8 Å². The van der Waals surface area contributed by atoms with Gasteiger partial charge in [-0.05, 0) is 25.5 Å². The standard InChI is InChI=1S/C18H26N2O.C2H6/c1-4-18(9-14-21-3)20-12-10-19(11-13-20)15-17-7-5-16(2)6-8-17;1-2/h4-9,14H,10-13,15H2,1-3H3;1-2H3/b14-9-,18-4+;. The summed E-state index contributed by atoms with van der Waals surface area (Å²) in [6, 6.07) is 8.86. The second-order valence-electron chi connectivity index (χ2n) is 5.50. The van der Waals surface area contributed by atoms with Gasteiger partial charge >= 0.3 is 0 Å². The third kappa shape index (κ3) is 6.49. The molecule has 2 rings (SSSR count). The first-order valence-electron chi connectivity index (χ1n) is 8.61. The van der Waals surface area contributed by atoms with Gasteiger partial charge in [0.2, 0.25) is 0 Å². The fourth-order valence-electron chi connectivity index (χ4n) is 2.64. The molecule has 1 aliphatic heterocycles. The summed E-state index contributed by atoms with van der Waals surface area (Å²) in [6.07, 6.45) is 5.93. The van der Waals surface area contributed by atoms with E-state index in [4.69, 9.17) is 4.74 Å². The van der Waals surface area contributed by atoms with Gasteiger partial charge in [0, 0.05) is 38.4 Å². The first-order chi connectivity index (χ1) is 11.2. The van der Waals surface area contributed by atoms with Crippen LogP contribution in [0, 0.1) is 6.92 Å². The Morgan fingerprint density at radius 2 is 1.70 bits per heavy atom. The lowest BCUT2D eigenvalue weighted by molar-refractivity contribution is 0.155. The van der Waals surface area contributed by atoms with Crippen molar-refractivity contribution in [3.05, 3.63) is 59.5 Å². The maximum Gasteiger partial charge on any atom is 0.0845 e. The Balaban J connectivity index is 0.00000127. The van der Waals surface area contributed by atoms with E-state index >= 15 is 0 Å². The molecule has 128 valence electrons. The molecule has 0 aliphatic carbocycles. The third-order valence-electron chi connectivity index (χ3n) is 3.93. The van der Waals surface area contributed by atoms with E-state index in [0.717, 1.165) is 32.7 Å². The van der Waals surface area contributed by atoms with Crippen LogP contribution in [0.15, 0.2) is 48.4 Å². The highest BCUT2D eigenvalue weighted by molar-refractivity contribution is 5.21. The van der Waals surface area contributed by atoms with Crippen molar-refractivity contribution in [3.63, 3.8) is 0 Å². The average molecular weight is 316 g/mol. The Kier molecular flexibility index (Phi) is 9.15. The van der Waals surface area contributed by atoms with Crippen molar-refractivity contribution in [1.29, 1.82) is 0 Å². The van der Waals surface area contributed by atoms with Crippen LogP contribution in [0.5, 0.6) is 0 Å². The van der Waals surface area contributed by atoms with E-state index in [9.17, 15) is 0 Å². The number of ether oxygens (including phenoxy) is 1. The van der Waals surface area contributed by atoms with Gasteiger partial charge in [-0.3, -0.25) is 4.90 Å². The highest BCUT2D eigenvalue weighted by Crippen LogP contribution is 2.14. The van der Waals surface area contributed by atoms with Crippen molar-refractivity contribution in [2.45, 2.75) is 34.2 Å². The summed E-state index contributed by atoms with van der Waals surface area (Å²) in [4.78, 5) is 4.94. The van der Waals surface area contributed by atoms with Crippen LogP contribution in [0.4, 0.5) is 0 Å². The third-order valence-corrected chi connectivity index (χ3v) is 3.93. The topological polar surface area (TPSA) is 15.7 Å². The van der Waals surface area contributed by atoms with E-state index in [0.29, 0.717) is 0 Å². The number of allylic oxidation sites excluding steroid dienone is 2. The zero-order valence-electron chi connectivity index (χ0n) is 15.4. The molecule has 1 fully saturated rings. The van der Waals surface area contributed by atoms with Crippen molar-refractivity contribution >= 4 is 0 Å².